The molecule has 0 radical (unpaired) electrons. The van der Waals surface area contributed by atoms with E-state index in [0.29, 0.717) is 14.6 Å². The third-order valence-electron chi connectivity index (χ3n) is 2.42. The van der Waals surface area contributed by atoms with E-state index in [-0.39, 0.29) is 10.6 Å². The van der Waals surface area contributed by atoms with E-state index in [1.54, 1.807) is 0 Å². The molecule has 0 heterocycles. The van der Waals surface area contributed by atoms with E-state index in [9.17, 15) is 12.8 Å². The van der Waals surface area contributed by atoms with Crippen LogP contribution in [0.1, 0.15) is 0 Å². The molecule has 0 aliphatic heterocycles. The van der Waals surface area contributed by atoms with Crippen LogP contribution in [0.2, 0.25) is 0 Å². The summed E-state index contributed by atoms with van der Waals surface area (Å²) < 4.78 is 40.8. The smallest absolute Gasteiger partial charge is 0.263 e. The topological polar surface area (TPSA) is 72.2 Å². The number of nitrogens with two attached hydrogens (primary N) is 1. The van der Waals surface area contributed by atoms with Crippen LogP contribution in [0.5, 0.6) is 0 Å². The number of halogens is 3. The fraction of sp³-hybridized carbons (Fsp3) is 0. The van der Waals surface area contributed by atoms with Gasteiger partial charge < -0.3 is 5.73 Å². The molecule has 0 atom stereocenters. The lowest BCUT2D eigenvalue weighted by Gasteiger charge is -2.11. The Labute approximate surface area is 132 Å². The molecule has 2 rings (SSSR count). The number of benzene rings is 2. The summed E-state index contributed by atoms with van der Waals surface area (Å²) in [6.45, 7) is 0. The Morgan fingerprint density at radius 1 is 1.05 bits per heavy atom. The SMILES string of the molecule is Nc1ccc(S(=O)(=O)Nc2cc(F)ccc2Br)c(Br)c1. The van der Waals surface area contributed by atoms with Crippen LogP contribution >= 0.6 is 31.9 Å². The molecule has 0 spiro atoms. The molecule has 2 aromatic rings. The molecule has 4 nitrogen and oxygen atoms in total. The van der Waals surface area contributed by atoms with Crippen molar-refractivity contribution in [3.63, 3.8) is 0 Å². The fourth-order valence-corrected chi connectivity index (χ4v) is 4.15. The molecular formula is C12H9Br2FN2O2S. The Hall–Kier alpha value is -1.12. The van der Waals surface area contributed by atoms with Crippen LogP contribution in [0, 0.1) is 5.82 Å². The standard InChI is InChI=1S/C12H9Br2FN2O2S/c13-9-3-1-7(15)5-11(9)17-20(18,19)12-4-2-8(16)6-10(12)14/h1-6,17H,16H2. The summed E-state index contributed by atoms with van der Waals surface area (Å²) in [5.74, 6) is -0.540. The van der Waals surface area contributed by atoms with Crippen LogP contribution < -0.4 is 10.5 Å². The second-order valence-corrected chi connectivity index (χ2v) is 7.28. The average molecular weight is 424 g/mol. The van der Waals surface area contributed by atoms with Crippen LogP contribution in [0.3, 0.4) is 0 Å². The minimum atomic E-state index is -3.85. The highest BCUT2D eigenvalue weighted by atomic mass is 79.9. The number of hydrogen-bond donors (Lipinski definition) is 2. The van der Waals surface area contributed by atoms with Gasteiger partial charge in [-0.15, -0.1) is 0 Å². The van der Waals surface area contributed by atoms with Crippen LogP contribution in [0.25, 0.3) is 0 Å². The molecule has 0 saturated carbocycles. The maximum absolute atomic E-state index is 13.2. The molecule has 0 aliphatic rings. The predicted molar refractivity (Wildman–Crippen MR) is 83.5 cm³/mol. The zero-order valence-corrected chi connectivity index (χ0v) is 13.9. The molecular weight excluding hydrogens is 415 g/mol. The Bertz CT molecular complexity index is 766. The van der Waals surface area contributed by atoms with Gasteiger partial charge in [-0.05, 0) is 68.3 Å². The van der Waals surface area contributed by atoms with Crippen LogP contribution in [0.15, 0.2) is 50.2 Å². The maximum atomic E-state index is 13.2. The number of nitrogens with one attached hydrogen (secondary N) is 1. The number of anilines is 2. The zero-order valence-electron chi connectivity index (χ0n) is 9.90. The van der Waals surface area contributed by atoms with E-state index in [1.165, 1.54) is 30.3 Å². The molecule has 106 valence electrons. The van der Waals surface area contributed by atoms with Gasteiger partial charge in [0, 0.05) is 14.6 Å². The van der Waals surface area contributed by atoms with E-state index >= 15 is 0 Å². The van der Waals surface area contributed by atoms with Crippen molar-refractivity contribution in [2.75, 3.05) is 10.5 Å². The summed E-state index contributed by atoms with van der Waals surface area (Å²) in [4.78, 5) is 0.0165. The van der Waals surface area contributed by atoms with Gasteiger partial charge in [0.2, 0.25) is 0 Å². The monoisotopic (exact) mass is 422 g/mol. The van der Waals surface area contributed by atoms with Gasteiger partial charge in [0.05, 0.1) is 5.69 Å². The highest BCUT2D eigenvalue weighted by molar-refractivity contribution is 9.11. The minimum Gasteiger partial charge on any atom is -0.399 e. The Morgan fingerprint density at radius 3 is 2.40 bits per heavy atom. The summed E-state index contributed by atoms with van der Waals surface area (Å²) in [5, 5.41) is 0. The highest BCUT2D eigenvalue weighted by Crippen LogP contribution is 2.29. The van der Waals surface area contributed by atoms with Gasteiger partial charge >= 0.3 is 0 Å². The van der Waals surface area contributed by atoms with E-state index in [4.69, 9.17) is 5.73 Å². The molecule has 8 heteroatoms. The minimum absolute atomic E-state index is 0.0165. The van der Waals surface area contributed by atoms with Crippen molar-refractivity contribution in [2.24, 2.45) is 0 Å². The van der Waals surface area contributed by atoms with Crippen LogP contribution in [-0.4, -0.2) is 8.42 Å². The molecule has 0 aromatic heterocycles. The zero-order chi connectivity index (χ0) is 14.9. The second kappa shape index (κ2) is 5.71. The highest BCUT2D eigenvalue weighted by Gasteiger charge is 2.19. The number of hydrogen-bond acceptors (Lipinski definition) is 3. The Balaban J connectivity index is 2.43. The molecule has 2 aromatic carbocycles. The molecule has 20 heavy (non-hydrogen) atoms. The van der Waals surface area contributed by atoms with Crippen molar-refractivity contribution in [3.8, 4) is 0 Å². The van der Waals surface area contributed by atoms with Crippen molar-refractivity contribution in [1.82, 2.24) is 0 Å². The van der Waals surface area contributed by atoms with Crippen LogP contribution in [0.4, 0.5) is 15.8 Å². The van der Waals surface area contributed by atoms with E-state index in [2.05, 4.69) is 36.6 Å². The molecule has 0 bridgehead atoms. The molecule has 0 saturated heterocycles. The Kier molecular flexibility index (Phi) is 4.36. The summed E-state index contributed by atoms with van der Waals surface area (Å²) in [6, 6.07) is 8.06. The second-order valence-electron chi connectivity index (χ2n) is 3.92. The summed E-state index contributed by atoms with van der Waals surface area (Å²) in [5.41, 5.74) is 6.12. The summed E-state index contributed by atoms with van der Waals surface area (Å²) in [6.07, 6.45) is 0. The summed E-state index contributed by atoms with van der Waals surface area (Å²) in [7, 11) is -3.85. The van der Waals surface area contributed by atoms with Gasteiger partial charge in [-0.25, -0.2) is 12.8 Å². The lowest BCUT2D eigenvalue weighted by atomic mass is 10.3. The van der Waals surface area contributed by atoms with Gasteiger partial charge in [0.1, 0.15) is 10.7 Å². The maximum Gasteiger partial charge on any atom is 0.263 e. The van der Waals surface area contributed by atoms with Gasteiger partial charge in [-0.3, -0.25) is 4.72 Å². The molecule has 0 aliphatic carbocycles. The predicted octanol–water partition coefficient (Wildman–Crippen LogP) is 3.73. The van der Waals surface area contributed by atoms with Crippen molar-refractivity contribution >= 4 is 53.3 Å². The lowest BCUT2D eigenvalue weighted by Crippen LogP contribution is -2.14. The first-order valence-electron chi connectivity index (χ1n) is 5.32. The fourth-order valence-electron chi connectivity index (χ4n) is 1.51. The average Bonchev–Trinajstić information content (AvgIpc) is 2.33. The lowest BCUT2D eigenvalue weighted by molar-refractivity contribution is 0.600. The third-order valence-corrected chi connectivity index (χ3v) is 5.45. The van der Waals surface area contributed by atoms with Crippen molar-refractivity contribution < 1.29 is 12.8 Å². The first-order valence-corrected chi connectivity index (χ1v) is 8.39. The first-order chi connectivity index (χ1) is 9.29. The van der Waals surface area contributed by atoms with E-state index in [1.807, 2.05) is 0 Å². The molecule has 0 amide bonds. The first kappa shape index (κ1) is 15.3. The molecule has 3 N–H and O–H groups in total. The number of nitrogen functional groups attached to an aromatic ring is 1. The van der Waals surface area contributed by atoms with Crippen LogP contribution in [-0.2, 0) is 10.0 Å². The van der Waals surface area contributed by atoms with E-state index < -0.39 is 15.8 Å². The van der Waals surface area contributed by atoms with Gasteiger partial charge in [-0.1, -0.05) is 0 Å². The van der Waals surface area contributed by atoms with Gasteiger partial charge in [0.15, 0.2) is 0 Å². The van der Waals surface area contributed by atoms with Gasteiger partial charge in [-0.2, -0.15) is 0 Å². The Morgan fingerprint density at radius 2 is 1.75 bits per heavy atom. The largest absolute Gasteiger partial charge is 0.399 e. The van der Waals surface area contributed by atoms with Crippen molar-refractivity contribution in [2.45, 2.75) is 4.90 Å². The molecule has 0 unspecified atom stereocenters. The summed E-state index contributed by atoms with van der Waals surface area (Å²) >= 11 is 6.30. The number of sulfonamides is 1. The number of rotatable bonds is 3. The van der Waals surface area contributed by atoms with E-state index in [0.717, 1.165) is 6.07 Å². The van der Waals surface area contributed by atoms with Crippen molar-refractivity contribution in [3.05, 3.63) is 51.2 Å². The van der Waals surface area contributed by atoms with Gasteiger partial charge in [0.25, 0.3) is 10.0 Å². The third kappa shape index (κ3) is 3.31. The molecule has 0 fully saturated rings. The normalized spacial score (nSPS) is 11.3. The van der Waals surface area contributed by atoms with Crippen molar-refractivity contribution in [1.29, 1.82) is 0 Å². The quantitative estimate of drug-likeness (QED) is 0.738.